The summed E-state index contributed by atoms with van der Waals surface area (Å²) in [6, 6.07) is 6.09. The molecule has 1 aromatic heterocycles. The summed E-state index contributed by atoms with van der Waals surface area (Å²) in [6.07, 6.45) is -3.53. The van der Waals surface area contributed by atoms with E-state index in [1.807, 2.05) is 0 Å². The van der Waals surface area contributed by atoms with Gasteiger partial charge in [-0.1, -0.05) is 18.2 Å². The molecule has 0 atom stereocenters. The highest BCUT2D eigenvalue weighted by molar-refractivity contribution is 6.17. The van der Waals surface area contributed by atoms with Gasteiger partial charge in [-0.25, -0.2) is 0 Å². The van der Waals surface area contributed by atoms with Crippen molar-refractivity contribution in [2.75, 3.05) is 0 Å². The first kappa shape index (κ1) is 11.2. The molecule has 0 radical (unpaired) electrons. The highest BCUT2D eigenvalue weighted by Crippen LogP contribution is 2.31. The molecule has 0 aliphatic rings. The lowest BCUT2D eigenvalue weighted by Gasteiger charge is -2.08. The second-order valence-corrected chi connectivity index (χ2v) is 3.61. The minimum absolute atomic E-state index is 0.232. The van der Waals surface area contributed by atoms with Gasteiger partial charge in [-0.15, -0.1) is 11.6 Å². The van der Waals surface area contributed by atoms with Crippen LogP contribution >= 0.6 is 11.6 Å². The van der Waals surface area contributed by atoms with Crippen LogP contribution in [0.15, 0.2) is 30.5 Å². The van der Waals surface area contributed by atoms with E-state index < -0.39 is 11.7 Å². The van der Waals surface area contributed by atoms with Gasteiger partial charge in [0.1, 0.15) is 0 Å². The average Bonchev–Trinajstić information content (AvgIpc) is 2.26. The molecular weight excluding hydrogens is 239 g/mol. The fraction of sp³-hybridized carbons (Fsp3) is 0.182. The molecule has 1 nitrogen and oxygen atoms in total. The zero-order chi connectivity index (χ0) is 11.8. The molecule has 0 aliphatic heterocycles. The maximum atomic E-state index is 12.4. The normalized spacial score (nSPS) is 12.0. The first-order chi connectivity index (χ1) is 7.52. The van der Waals surface area contributed by atoms with Crippen molar-refractivity contribution in [2.45, 2.75) is 12.1 Å². The van der Waals surface area contributed by atoms with Crippen molar-refractivity contribution in [3.05, 3.63) is 41.6 Å². The number of halogens is 4. The van der Waals surface area contributed by atoms with Crippen molar-refractivity contribution in [3.8, 4) is 0 Å². The van der Waals surface area contributed by atoms with Gasteiger partial charge in [0.2, 0.25) is 0 Å². The molecule has 0 saturated carbocycles. The molecule has 0 bridgehead atoms. The molecule has 84 valence electrons. The van der Waals surface area contributed by atoms with Crippen LogP contribution in [0.5, 0.6) is 0 Å². The number of hydrogen-bond donors (Lipinski definition) is 0. The van der Waals surface area contributed by atoms with Crippen molar-refractivity contribution >= 4 is 22.5 Å². The summed E-state index contributed by atoms with van der Waals surface area (Å²) in [5.74, 6) is 0.232. The van der Waals surface area contributed by atoms with Crippen LogP contribution < -0.4 is 0 Å². The van der Waals surface area contributed by atoms with Crippen molar-refractivity contribution in [3.63, 3.8) is 0 Å². The number of pyridine rings is 1. The largest absolute Gasteiger partial charge is 0.417 e. The van der Waals surface area contributed by atoms with Gasteiger partial charge >= 0.3 is 6.18 Å². The summed E-state index contributed by atoms with van der Waals surface area (Å²) in [7, 11) is 0. The molecule has 0 fully saturated rings. The Bertz CT molecular complexity index is 522. The van der Waals surface area contributed by atoms with Gasteiger partial charge in [-0.3, -0.25) is 4.98 Å². The number of alkyl halides is 4. The summed E-state index contributed by atoms with van der Waals surface area (Å²) in [5.41, 5.74) is 0.505. The molecule has 0 N–H and O–H groups in total. The Hall–Kier alpha value is -1.29. The van der Waals surface area contributed by atoms with E-state index in [0.29, 0.717) is 10.9 Å². The Morgan fingerprint density at radius 1 is 1.25 bits per heavy atom. The third-order valence-electron chi connectivity index (χ3n) is 2.27. The van der Waals surface area contributed by atoms with Gasteiger partial charge in [-0.2, -0.15) is 13.2 Å². The lowest BCUT2D eigenvalue weighted by Crippen LogP contribution is -2.05. The van der Waals surface area contributed by atoms with Crippen molar-refractivity contribution < 1.29 is 13.2 Å². The van der Waals surface area contributed by atoms with E-state index in [9.17, 15) is 13.2 Å². The molecule has 0 unspecified atom stereocenters. The third kappa shape index (κ3) is 1.97. The Balaban J connectivity index is 2.64. The van der Waals surface area contributed by atoms with Crippen LogP contribution in [0.2, 0.25) is 0 Å². The van der Waals surface area contributed by atoms with E-state index in [4.69, 9.17) is 11.6 Å². The molecule has 0 spiro atoms. The van der Waals surface area contributed by atoms with E-state index in [-0.39, 0.29) is 5.88 Å². The molecule has 2 aromatic rings. The number of aromatic nitrogens is 1. The standard InChI is InChI=1S/C11H7ClF3N/c12-5-8-3-1-2-7-4-9(11(13,14)15)6-16-10(7)8/h1-4,6H,5H2. The number of nitrogens with zero attached hydrogens (tertiary/aromatic N) is 1. The maximum Gasteiger partial charge on any atom is 0.417 e. The summed E-state index contributed by atoms with van der Waals surface area (Å²) < 4.78 is 37.3. The quantitative estimate of drug-likeness (QED) is 0.692. The van der Waals surface area contributed by atoms with Crippen LogP contribution in [0, 0.1) is 0 Å². The lowest BCUT2D eigenvalue weighted by atomic mass is 10.1. The Kier molecular flexibility index (Phi) is 2.76. The van der Waals surface area contributed by atoms with Crippen molar-refractivity contribution in [1.29, 1.82) is 0 Å². The highest BCUT2D eigenvalue weighted by atomic mass is 35.5. The summed E-state index contributed by atoms with van der Waals surface area (Å²) in [4.78, 5) is 3.81. The minimum atomic E-state index is -4.36. The van der Waals surface area contributed by atoms with E-state index in [0.717, 1.165) is 17.8 Å². The van der Waals surface area contributed by atoms with Crippen LogP contribution in [0.1, 0.15) is 11.1 Å². The fourth-order valence-corrected chi connectivity index (χ4v) is 1.70. The van der Waals surface area contributed by atoms with Crippen LogP contribution in [-0.2, 0) is 12.1 Å². The first-order valence-corrected chi connectivity index (χ1v) is 5.06. The minimum Gasteiger partial charge on any atom is -0.255 e. The molecule has 1 heterocycles. The topological polar surface area (TPSA) is 12.9 Å². The Labute approximate surface area is 94.9 Å². The average molecular weight is 246 g/mol. The van der Waals surface area contributed by atoms with E-state index >= 15 is 0 Å². The second kappa shape index (κ2) is 3.94. The van der Waals surface area contributed by atoms with Gasteiger partial charge in [-0.05, 0) is 11.6 Å². The summed E-state index contributed by atoms with van der Waals surface area (Å²) in [5, 5.41) is 0.452. The monoisotopic (exact) mass is 245 g/mol. The number of fused-ring (bicyclic) bond motifs is 1. The molecular formula is C11H7ClF3N. The van der Waals surface area contributed by atoms with E-state index in [1.54, 1.807) is 18.2 Å². The molecule has 5 heteroatoms. The predicted octanol–water partition coefficient (Wildman–Crippen LogP) is 3.99. The SMILES string of the molecule is FC(F)(F)c1cnc2c(CCl)cccc2c1. The van der Waals surface area contributed by atoms with Crippen LogP contribution in [0.25, 0.3) is 10.9 Å². The van der Waals surface area contributed by atoms with Crippen LogP contribution in [0.4, 0.5) is 13.2 Å². The zero-order valence-electron chi connectivity index (χ0n) is 8.05. The van der Waals surface area contributed by atoms with Gasteiger partial charge < -0.3 is 0 Å². The number of benzene rings is 1. The van der Waals surface area contributed by atoms with Crippen LogP contribution in [0.3, 0.4) is 0 Å². The number of rotatable bonds is 1. The van der Waals surface area contributed by atoms with Gasteiger partial charge in [0.15, 0.2) is 0 Å². The second-order valence-electron chi connectivity index (χ2n) is 3.34. The van der Waals surface area contributed by atoms with Crippen molar-refractivity contribution in [2.24, 2.45) is 0 Å². The maximum absolute atomic E-state index is 12.4. The molecule has 2 rings (SSSR count). The number of hydrogen-bond acceptors (Lipinski definition) is 1. The Morgan fingerprint density at radius 2 is 2.00 bits per heavy atom. The Morgan fingerprint density at radius 3 is 2.62 bits per heavy atom. The van der Waals surface area contributed by atoms with Gasteiger partial charge in [0.05, 0.1) is 11.1 Å². The molecule has 16 heavy (non-hydrogen) atoms. The van der Waals surface area contributed by atoms with Crippen LogP contribution in [-0.4, -0.2) is 4.98 Å². The predicted molar refractivity (Wildman–Crippen MR) is 56.3 cm³/mol. The van der Waals surface area contributed by atoms with Gasteiger partial charge in [0, 0.05) is 17.5 Å². The number of para-hydroxylation sites is 1. The molecule has 1 aromatic carbocycles. The molecule has 0 aliphatic carbocycles. The van der Waals surface area contributed by atoms with Crippen molar-refractivity contribution in [1.82, 2.24) is 4.98 Å². The fourth-order valence-electron chi connectivity index (χ4n) is 1.49. The smallest absolute Gasteiger partial charge is 0.255 e. The van der Waals surface area contributed by atoms with Gasteiger partial charge in [0.25, 0.3) is 0 Å². The lowest BCUT2D eigenvalue weighted by molar-refractivity contribution is -0.137. The first-order valence-electron chi connectivity index (χ1n) is 4.53. The summed E-state index contributed by atoms with van der Waals surface area (Å²) in [6.45, 7) is 0. The third-order valence-corrected chi connectivity index (χ3v) is 2.55. The molecule has 0 saturated heterocycles. The molecule has 0 amide bonds. The highest BCUT2D eigenvalue weighted by Gasteiger charge is 2.31. The van der Waals surface area contributed by atoms with E-state index in [1.165, 1.54) is 0 Å². The zero-order valence-corrected chi connectivity index (χ0v) is 8.81. The van der Waals surface area contributed by atoms with E-state index in [2.05, 4.69) is 4.98 Å². The summed E-state index contributed by atoms with van der Waals surface area (Å²) >= 11 is 5.67.